The van der Waals surface area contributed by atoms with Crippen LogP contribution < -0.4 is 10.1 Å². The number of furan rings is 1. The van der Waals surface area contributed by atoms with E-state index >= 15 is 0 Å². The van der Waals surface area contributed by atoms with E-state index in [-0.39, 0.29) is 28.3 Å². The van der Waals surface area contributed by atoms with E-state index in [9.17, 15) is 13.2 Å². The van der Waals surface area contributed by atoms with Gasteiger partial charge in [0.15, 0.2) is 26.9 Å². The average Bonchev–Trinajstić information content (AvgIpc) is 3.40. The largest absolute Gasteiger partial charge is 0.493 e. The average molecular weight is 427 g/mol. The number of ether oxygens (including phenoxy) is 1. The Morgan fingerprint density at radius 1 is 1.10 bits per heavy atom. The highest BCUT2D eigenvalue weighted by Crippen LogP contribution is 2.29. The van der Waals surface area contributed by atoms with Crippen LogP contribution in [0.1, 0.15) is 17.5 Å². The Hall–Kier alpha value is -3.66. The molecule has 0 bridgehead atoms. The predicted octanol–water partition coefficient (Wildman–Crippen LogP) is 3.54. The van der Waals surface area contributed by atoms with Crippen molar-refractivity contribution in [2.45, 2.75) is 11.8 Å². The van der Waals surface area contributed by atoms with Gasteiger partial charge >= 0.3 is 6.01 Å². The van der Waals surface area contributed by atoms with Gasteiger partial charge < -0.3 is 13.6 Å². The molecule has 0 unspecified atom stereocenters. The number of rotatable bonds is 6. The molecule has 154 valence electrons. The van der Waals surface area contributed by atoms with Gasteiger partial charge in [-0.3, -0.25) is 10.1 Å². The van der Waals surface area contributed by atoms with Crippen molar-refractivity contribution in [1.82, 2.24) is 10.2 Å². The fourth-order valence-corrected chi connectivity index (χ4v) is 3.71. The minimum Gasteiger partial charge on any atom is -0.493 e. The Kier molecular flexibility index (Phi) is 5.00. The smallest absolute Gasteiger partial charge is 0.322 e. The highest BCUT2D eigenvalue weighted by molar-refractivity contribution is 7.91. The molecule has 2 aromatic carbocycles. The van der Waals surface area contributed by atoms with Gasteiger partial charge in [0.25, 0.3) is 5.91 Å². The van der Waals surface area contributed by atoms with E-state index in [0.29, 0.717) is 22.3 Å². The first kappa shape index (κ1) is 19.6. The molecule has 0 radical (unpaired) electrons. The molecule has 0 fully saturated rings. The second kappa shape index (κ2) is 7.64. The zero-order valence-electron chi connectivity index (χ0n) is 16.1. The zero-order valence-corrected chi connectivity index (χ0v) is 16.9. The summed E-state index contributed by atoms with van der Waals surface area (Å²) in [6.45, 7) is 1.58. The maximum absolute atomic E-state index is 12.5. The zero-order chi connectivity index (χ0) is 21.3. The number of hydrogen-bond acceptors (Lipinski definition) is 8. The second-order valence-corrected chi connectivity index (χ2v) is 8.56. The molecule has 30 heavy (non-hydrogen) atoms. The maximum Gasteiger partial charge on any atom is 0.322 e. The molecule has 4 rings (SSSR count). The Morgan fingerprint density at radius 3 is 2.57 bits per heavy atom. The molecule has 9 nitrogen and oxygen atoms in total. The minimum absolute atomic E-state index is 0.0107. The molecular weight excluding hydrogens is 410 g/mol. The third-order valence-electron chi connectivity index (χ3n) is 4.44. The number of aromatic nitrogens is 2. The number of carbonyl (C=O) groups excluding carboxylic acids is 1. The van der Waals surface area contributed by atoms with Crippen LogP contribution in [0.15, 0.2) is 62.3 Å². The van der Waals surface area contributed by atoms with Crippen molar-refractivity contribution in [3.05, 3.63) is 54.3 Å². The van der Waals surface area contributed by atoms with Crippen molar-refractivity contribution in [3.63, 3.8) is 0 Å². The summed E-state index contributed by atoms with van der Waals surface area (Å²) in [6, 6.07) is 12.8. The number of methoxy groups -OCH3 is 1. The number of nitrogens with one attached hydrogen (secondary N) is 1. The first-order valence-corrected chi connectivity index (χ1v) is 10.6. The monoisotopic (exact) mass is 427 g/mol. The Morgan fingerprint density at radius 2 is 1.87 bits per heavy atom. The number of anilines is 1. The first-order chi connectivity index (χ1) is 14.4. The molecule has 0 aliphatic heterocycles. The van der Waals surface area contributed by atoms with Crippen molar-refractivity contribution in [1.29, 1.82) is 0 Å². The van der Waals surface area contributed by atoms with Crippen LogP contribution in [0, 0.1) is 0 Å². The molecule has 0 saturated carbocycles. The molecule has 4 aromatic rings. The predicted molar refractivity (Wildman–Crippen MR) is 108 cm³/mol. The van der Waals surface area contributed by atoms with Gasteiger partial charge in [0.1, 0.15) is 0 Å². The van der Waals surface area contributed by atoms with E-state index in [4.69, 9.17) is 13.6 Å². The fraction of sp³-hybridized carbons (Fsp3) is 0.150. The summed E-state index contributed by atoms with van der Waals surface area (Å²) in [5.74, 6) is 0.157. The van der Waals surface area contributed by atoms with E-state index in [2.05, 4.69) is 15.5 Å². The number of para-hydroxylation sites is 1. The maximum atomic E-state index is 12.5. The van der Waals surface area contributed by atoms with Crippen molar-refractivity contribution in [2.24, 2.45) is 0 Å². The fourth-order valence-electron chi connectivity index (χ4n) is 2.83. The van der Waals surface area contributed by atoms with E-state index in [1.54, 1.807) is 43.3 Å². The number of carbonyl (C=O) groups is 1. The number of nitrogens with zero attached hydrogens (tertiary/aromatic N) is 2. The number of sulfone groups is 1. The van der Waals surface area contributed by atoms with Crippen LogP contribution in [0.4, 0.5) is 6.01 Å². The summed E-state index contributed by atoms with van der Waals surface area (Å²) in [7, 11) is -1.78. The normalized spacial score (nSPS) is 11.5. The van der Waals surface area contributed by atoms with Gasteiger partial charge in [-0.15, -0.1) is 5.10 Å². The number of benzene rings is 2. The number of fused-ring (bicyclic) bond motifs is 1. The lowest BCUT2D eigenvalue weighted by Crippen LogP contribution is -2.10. The van der Waals surface area contributed by atoms with E-state index < -0.39 is 15.7 Å². The van der Waals surface area contributed by atoms with Crippen molar-refractivity contribution in [3.8, 4) is 17.2 Å². The Balaban J connectivity index is 1.53. The molecule has 0 saturated heterocycles. The van der Waals surface area contributed by atoms with E-state index in [1.165, 1.54) is 19.2 Å². The summed E-state index contributed by atoms with van der Waals surface area (Å²) in [6.07, 6.45) is 0. The third kappa shape index (κ3) is 3.64. The summed E-state index contributed by atoms with van der Waals surface area (Å²) < 4.78 is 40.1. The summed E-state index contributed by atoms with van der Waals surface area (Å²) >= 11 is 0. The molecule has 2 heterocycles. The third-order valence-corrected chi connectivity index (χ3v) is 6.19. The molecule has 0 aliphatic rings. The Labute approximate surface area is 171 Å². The quantitative estimate of drug-likeness (QED) is 0.495. The highest BCUT2D eigenvalue weighted by Gasteiger charge is 2.18. The summed E-state index contributed by atoms with van der Waals surface area (Å²) in [5, 5.41) is 10.9. The number of hydrogen-bond donors (Lipinski definition) is 1. The van der Waals surface area contributed by atoms with Gasteiger partial charge in [-0.1, -0.05) is 24.2 Å². The van der Waals surface area contributed by atoms with Crippen LogP contribution in [0.25, 0.3) is 22.4 Å². The minimum atomic E-state index is -3.30. The van der Waals surface area contributed by atoms with Crippen molar-refractivity contribution >= 4 is 32.7 Å². The van der Waals surface area contributed by atoms with E-state index in [1.807, 2.05) is 0 Å². The van der Waals surface area contributed by atoms with Gasteiger partial charge in [-0.05, 0) is 36.4 Å². The van der Waals surface area contributed by atoms with Crippen LogP contribution in [0.2, 0.25) is 0 Å². The molecule has 0 atom stereocenters. The van der Waals surface area contributed by atoms with Gasteiger partial charge in [0.2, 0.25) is 5.89 Å². The molecule has 1 amide bonds. The molecular formula is C20H17N3O6S. The summed E-state index contributed by atoms with van der Waals surface area (Å²) in [5.41, 5.74) is 0.977. The topological polar surface area (TPSA) is 125 Å². The van der Waals surface area contributed by atoms with E-state index in [0.717, 1.165) is 0 Å². The molecule has 1 N–H and O–H groups in total. The standard InChI is InChI=1S/C20H17N3O6S/c1-3-30(25,26)14-9-7-12(8-10-14)19-22-23-20(29-19)21-18(24)16-11-13-5-4-6-15(27-2)17(13)28-16/h4-11H,3H2,1-2H3,(H,21,23,24). The van der Waals surface area contributed by atoms with Crippen LogP contribution in [-0.4, -0.2) is 37.4 Å². The lowest BCUT2D eigenvalue weighted by Gasteiger charge is -2.01. The van der Waals surface area contributed by atoms with Crippen LogP contribution in [0.5, 0.6) is 5.75 Å². The molecule has 10 heteroatoms. The molecule has 0 spiro atoms. The second-order valence-electron chi connectivity index (χ2n) is 6.28. The Bertz CT molecular complexity index is 1320. The molecule has 2 aromatic heterocycles. The number of amides is 1. The summed E-state index contributed by atoms with van der Waals surface area (Å²) in [4.78, 5) is 12.7. The van der Waals surface area contributed by atoms with Crippen LogP contribution in [-0.2, 0) is 9.84 Å². The lowest BCUT2D eigenvalue weighted by molar-refractivity contribution is 0.0995. The molecule has 0 aliphatic carbocycles. The SMILES string of the molecule is CCS(=O)(=O)c1ccc(-c2nnc(NC(=O)c3cc4cccc(OC)c4o3)o2)cc1. The van der Waals surface area contributed by atoms with Gasteiger partial charge in [0.05, 0.1) is 17.8 Å². The highest BCUT2D eigenvalue weighted by atomic mass is 32.2. The van der Waals surface area contributed by atoms with Crippen molar-refractivity contribution < 1.29 is 26.8 Å². The van der Waals surface area contributed by atoms with Crippen LogP contribution in [0.3, 0.4) is 0 Å². The van der Waals surface area contributed by atoms with Gasteiger partial charge in [0, 0.05) is 10.9 Å². The van der Waals surface area contributed by atoms with Crippen LogP contribution >= 0.6 is 0 Å². The van der Waals surface area contributed by atoms with Gasteiger partial charge in [-0.2, -0.15) is 0 Å². The van der Waals surface area contributed by atoms with Crippen molar-refractivity contribution in [2.75, 3.05) is 18.2 Å². The first-order valence-electron chi connectivity index (χ1n) is 8.96. The van der Waals surface area contributed by atoms with Gasteiger partial charge in [-0.25, -0.2) is 8.42 Å². The lowest BCUT2D eigenvalue weighted by atomic mass is 10.2.